The molecule has 22 heavy (non-hydrogen) atoms. The van der Waals surface area contributed by atoms with Gasteiger partial charge in [0.2, 0.25) is 11.8 Å². The van der Waals surface area contributed by atoms with Gasteiger partial charge >= 0.3 is 6.03 Å². The summed E-state index contributed by atoms with van der Waals surface area (Å²) in [5.74, 6) is -0.333. The molecule has 0 saturated carbocycles. The van der Waals surface area contributed by atoms with E-state index in [9.17, 15) is 14.4 Å². The van der Waals surface area contributed by atoms with E-state index in [1.54, 1.807) is 25.2 Å². The van der Waals surface area contributed by atoms with Crippen molar-refractivity contribution >= 4 is 35.9 Å². The van der Waals surface area contributed by atoms with E-state index in [1.165, 1.54) is 0 Å². The topological polar surface area (TPSA) is 90.5 Å². The summed E-state index contributed by atoms with van der Waals surface area (Å²) >= 11 is 0. The van der Waals surface area contributed by atoms with Crippen LogP contribution in [0.3, 0.4) is 0 Å². The molecule has 0 radical (unpaired) electrons. The van der Waals surface area contributed by atoms with Crippen LogP contribution in [-0.4, -0.2) is 42.9 Å². The molecule has 120 valence electrons. The smallest absolute Gasteiger partial charge is 0.324 e. The van der Waals surface area contributed by atoms with Crippen LogP contribution in [0.4, 0.5) is 10.5 Å². The molecular formula is C14H19ClN4O3. The first-order chi connectivity index (χ1) is 10.1. The van der Waals surface area contributed by atoms with Gasteiger partial charge in [-0.1, -0.05) is 12.1 Å². The maximum Gasteiger partial charge on any atom is 0.324 e. The van der Waals surface area contributed by atoms with Gasteiger partial charge in [-0.05, 0) is 24.7 Å². The van der Waals surface area contributed by atoms with Crippen molar-refractivity contribution in [2.24, 2.45) is 0 Å². The first-order valence-electron chi connectivity index (χ1n) is 6.71. The van der Waals surface area contributed by atoms with E-state index in [1.807, 2.05) is 6.07 Å². The quantitative estimate of drug-likeness (QED) is 0.671. The van der Waals surface area contributed by atoms with E-state index < -0.39 is 0 Å². The number of anilines is 1. The van der Waals surface area contributed by atoms with E-state index in [0.29, 0.717) is 18.7 Å². The second-order valence-electron chi connectivity index (χ2n) is 4.74. The molecular weight excluding hydrogens is 308 g/mol. The van der Waals surface area contributed by atoms with Gasteiger partial charge in [0, 0.05) is 18.7 Å². The highest BCUT2D eigenvalue weighted by molar-refractivity contribution is 6.01. The largest absolute Gasteiger partial charge is 0.329 e. The van der Waals surface area contributed by atoms with Crippen LogP contribution in [0.25, 0.3) is 0 Å². The van der Waals surface area contributed by atoms with Gasteiger partial charge in [-0.2, -0.15) is 0 Å². The molecule has 1 heterocycles. The van der Waals surface area contributed by atoms with Gasteiger partial charge in [-0.15, -0.1) is 12.4 Å². The molecule has 4 amide bonds. The highest BCUT2D eigenvalue weighted by atomic mass is 35.5. The average Bonchev–Trinajstić information content (AvgIpc) is 2.77. The van der Waals surface area contributed by atoms with Crippen LogP contribution in [0.15, 0.2) is 24.3 Å². The molecule has 0 aromatic heterocycles. The number of hydrogen-bond donors (Lipinski definition) is 3. The van der Waals surface area contributed by atoms with Gasteiger partial charge in [-0.25, -0.2) is 4.79 Å². The van der Waals surface area contributed by atoms with Gasteiger partial charge in [0.1, 0.15) is 0 Å². The molecule has 2 rings (SSSR count). The van der Waals surface area contributed by atoms with E-state index >= 15 is 0 Å². The summed E-state index contributed by atoms with van der Waals surface area (Å²) in [5, 5.41) is 8.16. The van der Waals surface area contributed by atoms with Crippen molar-refractivity contribution in [1.82, 2.24) is 15.5 Å². The zero-order valence-electron chi connectivity index (χ0n) is 12.2. The Labute approximate surface area is 134 Å². The number of benzene rings is 1. The lowest BCUT2D eigenvalue weighted by molar-refractivity contribution is -0.125. The summed E-state index contributed by atoms with van der Waals surface area (Å²) in [5.41, 5.74) is 1.44. The number of carbonyl (C=O) groups is 3. The second-order valence-corrected chi connectivity index (χ2v) is 4.74. The Hall–Kier alpha value is -2.12. The first-order valence-corrected chi connectivity index (χ1v) is 6.71. The SMILES string of the molecule is CNCCC(=O)Nc1cccc(CN2C(=O)CNC2=O)c1.Cl. The minimum Gasteiger partial charge on any atom is -0.329 e. The molecule has 1 aliphatic rings. The molecule has 1 fully saturated rings. The van der Waals surface area contributed by atoms with Crippen LogP contribution in [-0.2, 0) is 16.1 Å². The molecule has 1 aliphatic heterocycles. The van der Waals surface area contributed by atoms with E-state index in [2.05, 4.69) is 16.0 Å². The lowest BCUT2D eigenvalue weighted by Crippen LogP contribution is -2.30. The Morgan fingerprint density at radius 3 is 2.77 bits per heavy atom. The van der Waals surface area contributed by atoms with Crippen molar-refractivity contribution in [3.05, 3.63) is 29.8 Å². The van der Waals surface area contributed by atoms with Crippen LogP contribution in [0.2, 0.25) is 0 Å². The standard InChI is InChI=1S/C14H18N4O3.ClH/c1-15-6-5-12(19)17-11-4-2-3-10(7-11)9-18-13(20)8-16-14(18)21;/h2-4,7,15H,5-6,8-9H2,1H3,(H,16,21)(H,17,19);1H. The average molecular weight is 327 g/mol. The fraction of sp³-hybridized carbons (Fsp3) is 0.357. The monoisotopic (exact) mass is 326 g/mol. The van der Waals surface area contributed by atoms with E-state index in [0.717, 1.165) is 10.5 Å². The zero-order valence-corrected chi connectivity index (χ0v) is 13.0. The molecule has 3 N–H and O–H groups in total. The molecule has 1 aromatic carbocycles. The molecule has 0 atom stereocenters. The highest BCUT2D eigenvalue weighted by Gasteiger charge is 2.28. The summed E-state index contributed by atoms with van der Waals surface area (Å²) in [4.78, 5) is 35.8. The van der Waals surface area contributed by atoms with Crippen LogP contribution < -0.4 is 16.0 Å². The van der Waals surface area contributed by atoms with Gasteiger partial charge in [0.05, 0.1) is 13.1 Å². The molecule has 1 saturated heterocycles. The van der Waals surface area contributed by atoms with E-state index in [-0.39, 0.29) is 43.3 Å². The number of amides is 4. The molecule has 0 aliphatic carbocycles. The number of rotatable bonds is 6. The van der Waals surface area contributed by atoms with Crippen LogP contribution in [0.1, 0.15) is 12.0 Å². The minimum atomic E-state index is -0.386. The fourth-order valence-electron chi connectivity index (χ4n) is 2.01. The lowest BCUT2D eigenvalue weighted by atomic mass is 10.2. The summed E-state index contributed by atoms with van der Waals surface area (Å²) in [6, 6.07) is 6.73. The Morgan fingerprint density at radius 2 is 2.14 bits per heavy atom. The Kier molecular flexibility index (Phi) is 6.81. The van der Waals surface area contributed by atoms with Gasteiger partial charge < -0.3 is 16.0 Å². The predicted octanol–water partition coefficient (Wildman–Crippen LogP) is 0.708. The van der Waals surface area contributed by atoms with Crippen molar-refractivity contribution in [1.29, 1.82) is 0 Å². The molecule has 0 unspecified atom stereocenters. The second kappa shape index (κ2) is 8.35. The minimum absolute atomic E-state index is 0. The fourth-order valence-corrected chi connectivity index (χ4v) is 2.01. The van der Waals surface area contributed by atoms with Crippen LogP contribution in [0, 0.1) is 0 Å². The van der Waals surface area contributed by atoms with Crippen LogP contribution >= 0.6 is 12.4 Å². The molecule has 0 spiro atoms. The van der Waals surface area contributed by atoms with Crippen molar-refractivity contribution in [2.75, 3.05) is 25.5 Å². The molecule has 1 aromatic rings. The zero-order chi connectivity index (χ0) is 15.2. The Morgan fingerprint density at radius 1 is 1.36 bits per heavy atom. The van der Waals surface area contributed by atoms with Gasteiger partial charge in [-0.3, -0.25) is 14.5 Å². The normalized spacial score (nSPS) is 13.6. The van der Waals surface area contributed by atoms with Crippen molar-refractivity contribution in [2.45, 2.75) is 13.0 Å². The Bertz CT molecular complexity index is 549. The number of imide groups is 1. The van der Waals surface area contributed by atoms with Crippen molar-refractivity contribution in [3.63, 3.8) is 0 Å². The number of nitrogens with zero attached hydrogens (tertiary/aromatic N) is 1. The number of nitrogens with one attached hydrogen (secondary N) is 3. The summed E-state index contributed by atoms with van der Waals surface area (Å²) in [6.45, 7) is 0.845. The number of halogens is 1. The third kappa shape index (κ3) is 4.71. The number of hydrogen-bond acceptors (Lipinski definition) is 4. The number of carbonyl (C=O) groups excluding carboxylic acids is 3. The molecule has 8 heteroatoms. The third-order valence-electron chi connectivity index (χ3n) is 3.09. The maximum absolute atomic E-state index is 11.7. The van der Waals surface area contributed by atoms with Gasteiger partial charge in [0.25, 0.3) is 0 Å². The number of urea groups is 1. The van der Waals surface area contributed by atoms with Gasteiger partial charge in [0.15, 0.2) is 0 Å². The van der Waals surface area contributed by atoms with E-state index in [4.69, 9.17) is 0 Å². The first kappa shape index (κ1) is 17.9. The third-order valence-corrected chi connectivity index (χ3v) is 3.09. The molecule has 0 bridgehead atoms. The maximum atomic E-state index is 11.7. The highest BCUT2D eigenvalue weighted by Crippen LogP contribution is 2.14. The van der Waals surface area contributed by atoms with Crippen molar-refractivity contribution < 1.29 is 14.4 Å². The Balaban J connectivity index is 0.00000242. The lowest BCUT2D eigenvalue weighted by Gasteiger charge is -2.13. The summed E-state index contributed by atoms with van der Waals surface area (Å²) in [6.07, 6.45) is 0.383. The molecule has 7 nitrogen and oxygen atoms in total. The van der Waals surface area contributed by atoms with Crippen molar-refractivity contribution in [3.8, 4) is 0 Å². The summed E-state index contributed by atoms with van der Waals surface area (Å²) < 4.78 is 0. The van der Waals surface area contributed by atoms with Crippen LogP contribution in [0.5, 0.6) is 0 Å². The summed E-state index contributed by atoms with van der Waals surface area (Å²) in [7, 11) is 1.78. The predicted molar refractivity (Wildman–Crippen MR) is 84.8 cm³/mol.